The molecule has 0 aromatic carbocycles. The summed E-state index contributed by atoms with van der Waals surface area (Å²) in [5.74, 6) is 0.397. The van der Waals surface area contributed by atoms with Gasteiger partial charge in [-0.25, -0.2) is 0 Å². The maximum atomic E-state index is 9.91. The molecule has 2 aliphatic carbocycles. The van der Waals surface area contributed by atoms with E-state index >= 15 is 0 Å². The minimum atomic E-state index is -0.0916. The molecule has 0 radical (unpaired) electrons. The van der Waals surface area contributed by atoms with Gasteiger partial charge in [-0.1, -0.05) is 39.3 Å². The van der Waals surface area contributed by atoms with Crippen LogP contribution in [0, 0.1) is 11.3 Å². The SMILES string of the molecule is C.CC1C2=C(CCCC2(C)C)CCC1O. The Morgan fingerprint density at radius 1 is 1.27 bits per heavy atom. The van der Waals surface area contributed by atoms with E-state index in [0.29, 0.717) is 11.3 Å². The van der Waals surface area contributed by atoms with E-state index in [4.69, 9.17) is 0 Å². The number of allylic oxidation sites excluding steroid dienone is 1. The van der Waals surface area contributed by atoms with Gasteiger partial charge < -0.3 is 5.11 Å². The second kappa shape index (κ2) is 4.29. The summed E-state index contributed by atoms with van der Waals surface area (Å²) >= 11 is 0. The highest BCUT2D eigenvalue weighted by Crippen LogP contribution is 2.48. The topological polar surface area (TPSA) is 20.2 Å². The Labute approximate surface area is 94.6 Å². The maximum Gasteiger partial charge on any atom is 0.0606 e. The van der Waals surface area contributed by atoms with Crippen LogP contribution in [0.4, 0.5) is 0 Å². The van der Waals surface area contributed by atoms with Crippen LogP contribution in [0.5, 0.6) is 0 Å². The Kier molecular flexibility index (Phi) is 3.65. The van der Waals surface area contributed by atoms with E-state index in [1.54, 1.807) is 11.1 Å². The quantitative estimate of drug-likeness (QED) is 0.601. The van der Waals surface area contributed by atoms with Crippen LogP contribution in [-0.4, -0.2) is 11.2 Å². The predicted molar refractivity (Wildman–Crippen MR) is 65.8 cm³/mol. The van der Waals surface area contributed by atoms with E-state index in [-0.39, 0.29) is 13.5 Å². The molecule has 15 heavy (non-hydrogen) atoms. The summed E-state index contributed by atoms with van der Waals surface area (Å²) in [6.07, 6.45) is 5.96. The minimum absolute atomic E-state index is 0. The molecule has 88 valence electrons. The zero-order valence-electron chi connectivity index (χ0n) is 9.64. The van der Waals surface area contributed by atoms with Crippen molar-refractivity contribution in [2.45, 2.75) is 66.4 Å². The van der Waals surface area contributed by atoms with Crippen molar-refractivity contribution in [3.8, 4) is 0 Å². The molecule has 0 spiro atoms. The molecule has 0 aromatic rings. The number of hydrogen-bond donors (Lipinski definition) is 1. The van der Waals surface area contributed by atoms with Crippen molar-refractivity contribution in [1.29, 1.82) is 0 Å². The van der Waals surface area contributed by atoms with E-state index in [9.17, 15) is 5.11 Å². The fourth-order valence-corrected chi connectivity index (χ4v) is 3.45. The van der Waals surface area contributed by atoms with Crippen molar-refractivity contribution in [3.63, 3.8) is 0 Å². The van der Waals surface area contributed by atoms with Crippen LogP contribution in [0.1, 0.15) is 60.3 Å². The van der Waals surface area contributed by atoms with Crippen molar-refractivity contribution in [3.05, 3.63) is 11.1 Å². The molecule has 0 aromatic heterocycles. The number of aliphatic hydroxyl groups excluding tert-OH is 1. The van der Waals surface area contributed by atoms with Crippen LogP contribution in [0.3, 0.4) is 0 Å². The molecular formula is C14H26O. The van der Waals surface area contributed by atoms with Gasteiger partial charge in [0, 0.05) is 5.92 Å². The normalized spacial score (nSPS) is 34.4. The summed E-state index contributed by atoms with van der Waals surface area (Å²) in [6, 6.07) is 0. The molecule has 0 heterocycles. The summed E-state index contributed by atoms with van der Waals surface area (Å²) in [5.41, 5.74) is 3.59. The van der Waals surface area contributed by atoms with Crippen molar-refractivity contribution in [1.82, 2.24) is 0 Å². The molecular weight excluding hydrogens is 184 g/mol. The number of aliphatic hydroxyl groups is 1. The van der Waals surface area contributed by atoms with E-state index in [1.807, 2.05) is 0 Å². The summed E-state index contributed by atoms with van der Waals surface area (Å²) in [7, 11) is 0. The number of hydrogen-bond acceptors (Lipinski definition) is 1. The largest absolute Gasteiger partial charge is 0.393 e. The lowest BCUT2D eigenvalue weighted by Crippen LogP contribution is -2.34. The van der Waals surface area contributed by atoms with E-state index in [1.165, 1.54) is 19.3 Å². The van der Waals surface area contributed by atoms with Crippen LogP contribution in [-0.2, 0) is 0 Å². The minimum Gasteiger partial charge on any atom is -0.393 e. The number of rotatable bonds is 0. The Hall–Kier alpha value is -0.300. The fraction of sp³-hybridized carbons (Fsp3) is 0.857. The Morgan fingerprint density at radius 2 is 1.93 bits per heavy atom. The second-order valence-electron chi connectivity index (χ2n) is 5.65. The zero-order chi connectivity index (χ0) is 10.3. The first-order valence-electron chi connectivity index (χ1n) is 5.93. The maximum absolute atomic E-state index is 9.91. The van der Waals surface area contributed by atoms with Crippen LogP contribution in [0.2, 0.25) is 0 Å². The molecule has 1 heteroatoms. The first kappa shape index (κ1) is 12.8. The molecule has 2 unspecified atom stereocenters. The molecule has 2 aliphatic rings. The monoisotopic (exact) mass is 210 g/mol. The van der Waals surface area contributed by atoms with Gasteiger partial charge in [0.05, 0.1) is 6.10 Å². The van der Waals surface area contributed by atoms with Crippen molar-refractivity contribution in [2.75, 3.05) is 0 Å². The van der Waals surface area contributed by atoms with Gasteiger partial charge >= 0.3 is 0 Å². The third-order valence-electron chi connectivity index (χ3n) is 4.16. The van der Waals surface area contributed by atoms with Crippen molar-refractivity contribution < 1.29 is 5.11 Å². The molecule has 1 N–H and O–H groups in total. The van der Waals surface area contributed by atoms with Crippen LogP contribution >= 0.6 is 0 Å². The summed E-state index contributed by atoms with van der Waals surface area (Å²) in [5, 5.41) is 9.91. The average Bonchev–Trinajstić information content (AvgIpc) is 2.10. The third kappa shape index (κ3) is 2.13. The van der Waals surface area contributed by atoms with Crippen LogP contribution in [0.25, 0.3) is 0 Å². The lowest BCUT2D eigenvalue weighted by Gasteiger charge is -2.43. The summed E-state index contributed by atoms with van der Waals surface area (Å²) in [6.45, 7) is 6.89. The molecule has 0 amide bonds. The Balaban J connectivity index is 0.00000112. The first-order chi connectivity index (χ1) is 6.52. The summed E-state index contributed by atoms with van der Waals surface area (Å²) in [4.78, 5) is 0. The molecule has 2 rings (SSSR count). The van der Waals surface area contributed by atoms with E-state index in [2.05, 4.69) is 20.8 Å². The highest BCUT2D eigenvalue weighted by molar-refractivity contribution is 5.29. The molecule has 0 aliphatic heterocycles. The van der Waals surface area contributed by atoms with E-state index in [0.717, 1.165) is 12.8 Å². The first-order valence-corrected chi connectivity index (χ1v) is 5.93. The van der Waals surface area contributed by atoms with Crippen molar-refractivity contribution >= 4 is 0 Å². The van der Waals surface area contributed by atoms with Crippen molar-refractivity contribution in [2.24, 2.45) is 11.3 Å². The molecule has 2 atom stereocenters. The smallest absolute Gasteiger partial charge is 0.0606 e. The highest BCUT2D eigenvalue weighted by atomic mass is 16.3. The predicted octanol–water partition coefficient (Wildman–Crippen LogP) is 3.92. The molecule has 0 saturated carbocycles. The van der Waals surface area contributed by atoms with Gasteiger partial charge in [0.25, 0.3) is 0 Å². The van der Waals surface area contributed by atoms with Crippen LogP contribution in [0.15, 0.2) is 11.1 Å². The van der Waals surface area contributed by atoms with Gasteiger partial charge in [-0.2, -0.15) is 0 Å². The third-order valence-corrected chi connectivity index (χ3v) is 4.16. The van der Waals surface area contributed by atoms with Gasteiger partial charge in [0.2, 0.25) is 0 Å². The molecule has 0 saturated heterocycles. The lowest BCUT2D eigenvalue weighted by molar-refractivity contribution is 0.0970. The Morgan fingerprint density at radius 3 is 2.60 bits per heavy atom. The Bertz CT molecular complexity index is 263. The zero-order valence-corrected chi connectivity index (χ0v) is 9.64. The standard InChI is InChI=1S/C13H22O.CH4/c1-9-11(14)7-6-10-5-4-8-13(2,3)12(9)10;/h9,11,14H,4-8H2,1-3H3;1H4. The van der Waals surface area contributed by atoms with Gasteiger partial charge in [0.1, 0.15) is 0 Å². The highest BCUT2D eigenvalue weighted by Gasteiger charge is 2.37. The van der Waals surface area contributed by atoms with Gasteiger partial charge in [-0.05, 0) is 37.5 Å². The second-order valence-corrected chi connectivity index (χ2v) is 5.65. The average molecular weight is 210 g/mol. The molecule has 0 fully saturated rings. The van der Waals surface area contributed by atoms with Gasteiger partial charge in [-0.3, -0.25) is 0 Å². The van der Waals surface area contributed by atoms with E-state index < -0.39 is 0 Å². The van der Waals surface area contributed by atoms with Gasteiger partial charge in [0.15, 0.2) is 0 Å². The fourth-order valence-electron chi connectivity index (χ4n) is 3.45. The summed E-state index contributed by atoms with van der Waals surface area (Å²) < 4.78 is 0. The lowest BCUT2D eigenvalue weighted by atomic mass is 9.63. The van der Waals surface area contributed by atoms with Crippen LogP contribution < -0.4 is 0 Å². The molecule has 0 bridgehead atoms. The molecule has 1 nitrogen and oxygen atoms in total. The van der Waals surface area contributed by atoms with Gasteiger partial charge in [-0.15, -0.1) is 0 Å².